The Hall–Kier alpha value is -2.90. The van der Waals surface area contributed by atoms with Gasteiger partial charge in [0.15, 0.2) is 5.11 Å². The Labute approximate surface area is 201 Å². The van der Waals surface area contributed by atoms with Gasteiger partial charge in [-0.25, -0.2) is 0 Å². The van der Waals surface area contributed by atoms with Gasteiger partial charge in [-0.05, 0) is 81.0 Å². The smallest absolute Gasteiger partial charge is 0.174 e. The summed E-state index contributed by atoms with van der Waals surface area (Å²) in [5.41, 5.74) is 7.15. The number of pyridine rings is 1. The Kier molecular flexibility index (Phi) is 6.08. The summed E-state index contributed by atoms with van der Waals surface area (Å²) in [4.78, 5) is 9.31. The zero-order valence-electron chi connectivity index (χ0n) is 19.5. The number of hydrogen-bond donors (Lipinski definition) is 1. The van der Waals surface area contributed by atoms with Crippen LogP contribution in [0.1, 0.15) is 41.7 Å². The van der Waals surface area contributed by atoms with Gasteiger partial charge in [0.1, 0.15) is 0 Å². The van der Waals surface area contributed by atoms with Crippen LogP contribution in [-0.4, -0.2) is 41.0 Å². The van der Waals surface area contributed by atoms with Crippen LogP contribution >= 0.6 is 12.2 Å². The van der Waals surface area contributed by atoms with Gasteiger partial charge in [-0.2, -0.15) is 0 Å². The normalized spacial score (nSPS) is 20.9. The number of rotatable bonds is 5. The van der Waals surface area contributed by atoms with E-state index in [2.05, 4.69) is 81.8 Å². The average molecular weight is 462 g/mol. The van der Waals surface area contributed by atoms with E-state index in [4.69, 9.17) is 17.0 Å². The summed E-state index contributed by atoms with van der Waals surface area (Å²) in [6.07, 6.45) is 1.85. The molecule has 33 heavy (non-hydrogen) atoms. The van der Waals surface area contributed by atoms with Crippen LogP contribution in [0.15, 0.2) is 54.7 Å². The number of morpholine rings is 1. The molecule has 0 saturated carbocycles. The van der Waals surface area contributed by atoms with E-state index < -0.39 is 0 Å². The van der Waals surface area contributed by atoms with Gasteiger partial charge in [0.2, 0.25) is 0 Å². The van der Waals surface area contributed by atoms with Crippen LogP contribution < -0.4 is 15.1 Å². The van der Waals surface area contributed by atoms with E-state index >= 15 is 0 Å². The summed E-state index contributed by atoms with van der Waals surface area (Å²) in [7, 11) is 0. The number of anilines is 2. The Morgan fingerprint density at radius 1 is 1.06 bits per heavy atom. The Morgan fingerprint density at radius 3 is 2.42 bits per heavy atom. The molecule has 2 fully saturated rings. The molecule has 2 atom stereocenters. The molecule has 2 unspecified atom stereocenters. The van der Waals surface area contributed by atoms with Crippen LogP contribution in [0, 0.1) is 13.8 Å². The van der Waals surface area contributed by atoms with E-state index in [0.717, 1.165) is 49.3 Å². The summed E-state index contributed by atoms with van der Waals surface area (Å²) in [6, 6.07) is 17.2. The maximum atomic E-state index is 5.90. The van der Waals surface area contributed by atoms with Gasteiger partial charge in [-0.3, -0.25) is 4.98 Å². The van der Waals surface area contributed by atoms with E-state index in [1.807, 2.05) is 18.3 Å². The van der Waals surface area contributed by atoms with Crippen molar-refractivity contribution in [2.45, 2.75) is 39.4 Å². The highest BCUT2D eigenvalue weighted by atomic mass is 32.1. The van der Waals surface area contributed by atoms with Gasteiger partial charge >= 0.3 is 0 Å². The molecule has 0 amide bonds. The standard InChI is InChI=1S/C26H31N5OS/c1-4-30-18(2)17-22(19(30)3)25-24(23-7-5-6-12-27-23)28-26(33)31(25)21-10-8-20(9-11-21)29-13-15-32-16-14-29/h5-12,17,24-25H,4,13-16H2,1-3H3,(H,28,33). The molecule has 4 heterocycles. The van der Waals surface area contributed by atoms with Gasteiger partial charge in [0.05, 0.1) is 31.0 Å². The largest absolute Gasteiger partial charge is 0.378 e. The number of aromatic nitrogens is 2. The predicted molar refractivity (Wildman–Crippen MR) is 137 cm³/mol. The highest BCUT2D eigenvalue weighted by molar-refractivity contribution is 7.80. The molecule has 2 aliphatic heterocycles. The lowest BCUT2D eigenvalue weighted by atomic mass is 9.96. The SMILES string of the molecule is CCn1c(C)cc(C2C(c3ccccn3)NC(=S)N2c2ccc(N3CCOCC3)cc2)c1C. The van der Waals surface area contributed by atoms with E-state index in [0.29, 0.717) is 0 Å². The van der Waals surface area contributed by atoms with Crippen LogP contribution in [0.5, 0.6) is 0 Å². The number of hydrogen-bond acceptors (Lipinski definition) is 4. The van der Waals surface area contributed by atoms with Crippen LogP contribution in [0.3, 0.4) is 0 Å². The first-order chi connectivity index (χ1) is 16.1. The molecule has 2 saturated heterocycles. The molecule has 1 aromatic carbocycles. The van der Waals surface area contributed by atoms with Crippen LogP contribution in [-0.2, 0) is 11.3 Å². The van der Waals surface area contributed by atoms with Crippen molar-refractivity contribution in [2.75, 3.05) is 36.1 Å². The van der Waals surface area contributed by atoms with Gasteiger partial charge in [-0.1, -0.05) is 6.07 Å². The average Bonchev–Trinajstić information content (AvgIpc) is 3.35. The van der Waals surface area contributed by atoms with Crippen LogP contribution in [0.25, 0.3) is 0 Å². The second-order valence-corrected chi connectivity index (χ2v) is 9.07. The van der Waals surface area contributed by atoms with Crippen molar-refractivity contribution in [3.63, 3.8) is 0 Å². The van der Waals surface area contributed by atoms with E-state index in [1.165, 1.54) is 22.6 Å². The van der Waals surface area contributed by atoms with Crippen molar-refractivity contribution < 1.29 is 4.74 Å². The minimum Gasteiger partial charge on any atom is -0.378 e. The van der Waals surface area contributed by atoms with Crippen LogP contribution in [0.4, 0.5) is 11.4 Å². The molecule has 0 spiro atoms. The van der Waals surface area contributed by atoms with Crippen molar-refractivity contribution in [2.24, 2.45) is 0 Å². The predicted octanol–water partition coefficient (Wildman–Crippen LogP) is 4.53. The van der Waals surface area contributed by atoms with Crippen LogP contribution in [0.2, 0.25) is 0 Å². The van der Waals surface area contributed by atoms with Crippen molar-refractivity contribution in [1.82, 2.24) is 14.9 Å². The first kappa shape index (κ1) is 21.9. The first-order valence-electron chi connectivity index (χ1n) is 11.7. The van der Waals surface area contributed by atoms with E-state index in [9.17, 15) is 0 Å². The third kappa shape index (κ3) is 4.00. The molecule has 7 heteroatoms. The van der Waals surface area contributed by atoms with Crippen molar-refractivity contribution in [1.29, 1.82) is 0 Å². The summed E-state index contributed by atoms with van der Waals surface area (Å²) in [5, 5.41) is 4.31. The Morgan fingerprint density at radius 2 is 1.79 bits per heavy atom. The molecule has 172 valence electrons. The summed E-state index contributed by atoms with van der Waals surface area (Å²) >= 11 is 5.90. The number of thiocarbonyl (C=S) groups is 1. The molecule has 1 N–H and O–H groups in total. The maximum Gasteiger partial charge on any atom is 0.174 e. The Balaban J connectivity index is 1.55. The number of nitrogens with zero attached hydrogens (tertiary/aromatic N) is 4. The van der Waals surface area contributed by atoms with Gasteiger partial charge < -0.3 is 24.4 Å². The lowest BCUT2D eigenvalue weighted by Gasteiger charge is -2.31. The minimum absolute atomic E-state index is 0.0214. The highest BCUT2D eigenvalue weighted by Gasteiger charge is 2.42. The number of nitrogens with one attached hydrogen (secondary N) is 1. The maximum absolute atomic E-state index is 5.90. The molecular weight excluding hydrogens is 430 g/mol. The molecule has 0 radical (unpaired) electrons. The summed E-state index contributed by atoms with van der Waals surface area (Å²) < 4.78 is 7.87. The molecule has 0 bridgehead atoms. The quantitative estimate of drug-likeness (QED) is 0.563. The van der Waals surface area contributed by atoms with Gasteiger partial charge in [0.25, 0.3) is 0 Å². The number of aryl methyl sites for hydroxylation is 1. The Bertz CT molecular complexity index is 1120. The van der Waals surface area contributed by atoms with Gasteiger partial charge in [0, 0.05) is 48.6 Å². The fraction of sp³-hybridized carbons (Fsp3) is 0.385. The zero-order chi connectivity index (χ0) is 22.9. The molecule has 0 aliphatic carbocycles. The molecular formula is C26H31N5OS. The summed E-state index contributed by atoms with van der Waals surface area (Å²) in [6.45, 7) is 10.9. The molecule has 2 aliphatic rings. The highest BCUT2D eigenvalue weighted by Crippen LogP contribution is 2.43. The molecule has 3 aromatic rings. The third-order valence-corrected chi connectivity index (χ3v) is 7.16. The van der Waals surface area contributed by atoms with E-state index in [1.54, 1.807) is 0 Å². The first-order valence-corrected chi connectivity index (χ1v) is 12.1. The second-order valence-electron chi connectivity index (χ2n) is 8.68. The lowest BCUT2D eigenvalue weighted by molar-refractivity contribution is 0.122. The number of benzene rings is 1. The fourth-order valence-corrected chi connectivity index (χ4v) is 5.55. The molecule has 6 nitrogen and oxygen atoms in total. The molecule has 5 rings (SSSR count). The van der Waals surface area contributed by atoms with Crippen molar-refractivity contribution in [3.05, 3.63) is 77.4 Å². The van der Waals surface area contributed by atoms with E-state index in [-0.39, 0.29) is 12.1 Å². The lowest BCUT2D eigenvalue weighted by Crippen LogP contribution is -2.36. The number of ether oxygens (including phenoxy) is 1. The third-order valence-electron chi connectivity index (χ3n) is 6.85. The van der Waals surface area contributed by atoms with Crippen molar-refractivity contribution in [3.8, 4) is 0 Å². The van der Waals surface area contributed by atoms with Gasteiger partial charge in [-0.15, -0.1) is 0 Å². The molecule has 2 aromatic heterocycles. The topological polar surface area (TPSA) is 45.6 Å². The second kappa shape index (κ2) is 9.15. The minimum atomic E-state index is -0.0246. The zero-order valence-corrected chi connectivity index (χ0v) is 20.3. The summed E-state index contributed by atoms with van der Waals surface area (Å²) in [5.74, 6) is 0. The van der Waals surface area contributed by atoms with Crippen molar-refractivity contribution >= 4 is 28.7 Å². The monoisotopic (exact) mass is 461 g/mol. The fourth-order valence-electron chi connectivity index (χ4n) is 5.21.